The Labute approximate surface area is 235 Å². The highest BCUT2D eigenvalue weighted by molar-refractivity contribution is 14.1. The van der Waals surface area contributed by atoms with Gasteiger partial charge in [-0.3, -0.25) is 4.79 Å². The summed E-state index contributed by atoms with van der Waals surface area (Å²) in [6.07, 6.45) is 3.51. The van der Waals surface area contributed by atoms with E-state index >= 15 is 0 Å². The molecule has 4 rings (SSSR count). The van der Waals surface area contributed by atoms with Gasteiger partial charge in [0.2, 0.25) is 6.41 Å². The van der Waals surface area contributed by atoms with Gasteiger partial charge in [-0.15, -0.1) is 0 Å². The second-order valence-electron chi connectivity index (χ2n) is 9.02. The van der Waals surface area contributed by atoms with E-state index in [9.17, 15) is 0 Å². The van der Waals surface area contributed by atoms with Gasteiger partial charge < -0.3 is 28.4 Å². The predicted octanol–water partition coefficient (Wildman–Crippen LogP) is 4.60. The van der Waals surface area contributed by atoms with Gasteiger partial charge in [-0.05, 0) is 81.7 Å². The first-order valence-corrected chi connectivity index (χ1v) is 13.5. The van der Waals surface area contributed by atoms with Crippen LogP contribution in [-0.4, -0.2) is 63.6 Å². The van der Waals surface area contributed by atoms with Crippen molar-refractivity contribution in [3.05, 3.63) is 53.7 Å². The number of anilines is 2. The molecule has 1 amide bonds. The molecule has 3 aromatic rings. The molecule has 2 aromatic carbocycles. The standard InChI is InChI=1S/C27H33BN4O.CH2INO/c1-20-9-10-25(27(18-20)33-3)29-14-5-6-22-19-23-24(30-21-11-15-31(2)16-12-21)7-4-8-26(23)32(22)17-13-28;2-3-1-4/h4,7-10,18-19,21,29-30H,11-17H2,1-3H3;1H,(H,3,4). The minimum Gasteiger partial charge on any atom is -0.495 e. The van der Waals surface area contributed by atoms with Crippen LogP contribution in [0, 0.1) is 18.8 Å². The molecule has 1 fully saturated rings. The third kappa shape index (κ3) is 8.07. The van der Waals surface area contributed by atoms with Crippen molar-refractivity contribution >= 4 is 59.4 Å². The summed E-state index contributed by atoms with van der Waals surface area (Å²) in [6, 6.07) is 15.3. The molecule has 0 spiro atoms. The summed E-state index contributed by atoms with van der Waals surface area (Å²) >= 11 is 1.73. The lowest BCUT2D eigenvalue weighted by atomic mass is 10.0. The monoisotopic (exact) mass is 611 g/mol. The van der Waals surface area contributed by atoms with E-state index in [-0.39, 0.29) is 0 Å². The van der Waals surface area contributed by atoms with Crippen molar-refractivity contribution in [2.75, 3.05) is 44.4 Å². The summed E-state index contributed by atoms with van der Waals surface area (Å²) in [6.45, 7) is 5.60. The van der Waals surface area contributed by atoms with Crippen LogP contribution >= 0.6 is 22.9 Å². The van der Waals surface area contributed by atoms with Crippen LogP contribution in [0.4, 0.5) is 11.4 Å². The molecule has 1 aromatic heterocycles. The zero-order valence-corrected chi connectivity index (χ0v) is 24.0. The molecular formula is C28H35BIN5O2. The molecule has 194 valence electrons. The van der Waals surface area contributed by atoms with Crippen molar-refractivity contribution < 1.29 is 9.53 Å². The van der Waals surface area contributed by atoms with Crippen LogP contribution in [-0.2, 0) is 11.3 Å². The number of fused-ring (bicyclic) bond motifs is 1. The molecule has 1 saturated heterocycles. The maximum atomic E-state index is 9.06. The number of methoxy groups -OCH3 is 1. The van der Waals surface area contributed by atoms with Gasteiger partial charge in [-0.25, -0.2) is 0 Å². The smallest absolute Gasteiger partial charge is 0.215 e. The summed E-state index contributed by atoms with van der Waals surface area (Å²) in [4.78, 5) is 11.4. The van der Waals surface area contributed by atoms with E-state index < -0.39 is 0 Å². The van der Waals surface area contributed by atoms with Crippen LogP contribution in [0.2, 0.25) is 6.32 Å². The Morgan fingerprint density at radius 2 is 1.95 bits per heavy atom. The van der Waals surface area contributed by atoms with Gasteiger partial charge in [0.1, 0.15) is 5.75 Å². The van der Waals surface area contributed by atoms with E-state index in [0.717, 1.165) is 49.6 Å². The Kier molecular flexibility index (Phi) is 11.5. The van der Waals surface area contributed by atoms with Crippen LogP contribution < -0.4 is 18.9 Å². The number of nitrogens with one attached hydrogen (secondary N) is 3. The minimum atomic E-state index is 0.507. The molecule has 7 nitrogen and oxygen atoms in total. The van der Waals surface area contributed by atoms with Crippen LogP contribution in [0.25, 0.3) is 10.9 Å². The number of hydrogen-bond donors (Lipinski definition) is 3. The Morgan fingerprint density at radius 1 is 1.19 bits per heavy atom. The topological polar surface area (TPSA) is 70.6 Å². The number of amides is 1. The number of rotatable bonds is 8. The minimum absolute atomic E-state index is 0.507. The highest BCUT2D eigenvalue weighted by Gasteiger charge is 2.18. The number of ether oxygens (including phenoxy) is 1. The van der Waals surface area contributed by atoms with E-state index in [1.165, 1.54) is 22.2 Å². The highest BCUT2D eigenvalue weighted by atomic mass is 127. The van der Waals surface area contributed by atoms with Gasteiger partial charge in [0.05, 0.1) is 61.3 Å². The van der Waals surface area contributed by atoms with Crippen LogP contribution in [0.15, 0.2) is 42.5 Å². The maximum absolute atomic E-state index is 9.06. The van der Waals surface area contributed by atoms with E-state index in [2.05, 4.69) is 79.8 Å². The molecule has 0 saturated carbocycles. The summed E-state index contributed by atoms with van der Waals surface area (Å²) in [5.74, 6) is 7.47. The van der Waals surface area contributed by atoms with Crippen molar-refractivity contribution in [2.45, 2.75) is 38.7 Å². The number of carbonyl (C=O) groups is 1. The zero-order valence-electron chi connectivity index (χ0n) is 21.8. The third-order valence-corrected chi connectivity index (χ3v) is 6.62. The van der Waals surface area contributed by atoms with E-state index in [0.29, 0.717) is 25.3 Å². The summed E-state index contributed by atoms with van der Waals surface area (Å²) in [5, 5.41) is 8.36. The molecule has 0 bridgehead atoms. The number of nitrogens with zero attached hydrogens (tertiary/aromatic N) is 2. The lowest BCUT2D eigenvalue weighted by Crippen LogP contribution is -2.36. The average Bonchev–Trinajstić information content (AvgIpc) is 3.27. The van der Waals surface area contributed by atoms with Gasteiger partial charge in [-0.1, -0.05) is 24.4 Å². The van der Waals surface area contributed by atoms with Gasteiger partial charge >= 0.3 is 0 Å². The number of hydrogen-bond acceptors (Lipinski definition) is 5. The normalized spacial score (nSPS) is 13.6. The number of aryl methyl sites for hydroxylation is 2. The fourth-order valence-electron chi connectivity index (χ4n) is 4.48. The van der Waals surface area contributed by atoms with Crippen molar-refractivity contribution in [3.8, 4) is 17.6 Å². The predicted molar refractivity (Wildman–Crippen MR) is 163 cm³/mol. The fraction of sp³-hybridized carbons (Fsp3) is 0.393. The van der Waals surface area contributed by atoms with E-state index in [1.54, 1.807) is 30.0 Å². The van der Waals surface area contributed by atoms with Crippen LogP contribution in [0.3, 0.4) is 0 Å². The molecule has 0 aliphatic carbocycles. The Morgan fingerprint density at radius 3 is 2.62 bits per heavy atom. The highest BCUT2D eigenvalue weighted by Crippen LogP contribution is 2.29. The number of aromatic nitrogens is 1. The molecule has 37 heavy (non-hydrogen) atoms. The first-order valence-electron chi connectivity index (χ1n) is 12.4. The molecule has 2 heterocycles. The quantitative estimate of drug-likeness (QED) is 0.114. The van der Waals surface area contributed by atoms with Crippen molar-refractivity contribution in [1.29, 1.82) is 0 Å². The fourth-order valence-corrected chi connectivity index (χ4v) is 4.48. The molecule has 2 radical (unpaired) electrons. The van der Waals surface area contributed by atoms with Crippen LogP contribution in [0.1, 0.15) is 24.1 Å². The first-order chi connectivity index (χ1) is 18.0. The molecule has 1 aliphatic rings. The van der Waals surface area contributed by atoms with Gasteiger partial charge in [-0.2, -0.15) is 0 Å². The van der Waals surface area contributed by atoms with E-state index in [1.807, 2.05) is 12.1 Å². The molecule has 0 atom stereocenters. The summed E-state index contributed by atoms with van der Waals surface area (Å²) in [7, 11) is 9.82. The summed E-state index contributed by atoms with van der Waals surface area (Å²) in [5.41, 5.74) is 5.47. The zero-order chi connectivity index (χ0) is 26.6. The lowest BCUT2D eigenvalue weighted by Gasteiger charge is -2.30. The van der Waals surface area contributed by atoms with Gasteiger partial charge in [0.15, 0.2) is 0 Å². The molecule has 0 unspecified atom stereocenters. The van der Waals surface area contributed by atoms with E-state index in [4.69, 9.17) is 17.4 Å². The molecular weight excluding hydrogens is 576 g/mol. The second kappa shape index (κ2) is 14.8. The Hall–Kier alpha value is -2.84. The Bertz CT molecular complexity index is 1230. The maximum Gasteiger partial charge on any atom is 0.215 e. The van der Waals surface area contributed by atoms with Gasteiger partial charge in [0.25, 0.3) is 0 Å². The summed E-state index contributed by atoms with van der Waals surface area (Å²) < 4.78 is 9.93. The van der Waals surface area contributed by atoms with Crippen molar-refractivity contribution in [1.82, 2.24) is 13.0 Å². The number of halogens is 1. The number of benzene rings is 2. The molecule has 3 N–H and O–H groups in total. The van der Waals surface area contributed by atoms with Crippen LogP contribution in [0.5, 0.6) is 5.75 Å². The third-order valence-electron chi connectivity index (χ3n) is 6.36. The lowest BCUT2D eigenvalue weighted by molar-refractivity contribution is -0.107. The largest absolute Gasteiger partial charge is 0.495 e. The Balaban J connectivity index is 0.000000886. The number of likely N-dealkylation sites (tertiary alicyclic amines) is 1. The first kappa shape index (κ1) is 28.7. The van der Waals surface area contributed by atoms with Crippen molar-refractivity contribution in [3.63, 3.8) is 0 Å². The average molecular weight is 611 g/mol. The molecule has 9 heteroatoms. The van der Waals surface area contributed by atoms with Gasteiger partial charge in [0, 0.05) is 23.7 Å². The number of carbonyl (C=O) groups excluding carboxylic acids is 1. The SMILES string of the molecule is O=CNI.[B]CCn1c(C#CCNc2ccc(C)cc2OC)cc2c(NC3CCN(C)CC3)cccc21. The van der Waals surface area contributed by atoms with Crippen molar-refractivity contribution in [2.24, 2.45) is 0 Å². The molecule has 1 aliphatic heterocycles. The number of piperidine rings is 1. The second-order valence-corrected chi connectivity index (χ2v) is 9.64.